The largest absolute Gasteiger partial charge is 0.371 e. The van der Waals surface area contributed by atoms with Crippen molar-refractivity contribution in [2.45, 2.75) is 33.2 Å². The Morgan fingerprint density at radius 2 is 2.12 bits per heavy atom. The van der Waals surface area contributed by atoms with Gasteiger partial charge in [-0.25, -0.2) is 0 Å². The summed E-state index contributed by atoms with van der Waals surface area (Å²) < 4.78 is 0. The van der Waals surface area contributed by atoms with Gasteiger partial charge in [-0.05, 0) is 36.5 Å². The molecule has 1 aliphatic heterocycles. The molecule has 94 valence electrons. The summed E-state index contributed by atoms with van der Waals surface area (Å²) in [7, 11) is 0. The van der Waals surface area contributed by atoms with E-state index in [1.54, 1.807) is 0 Å². The van der Waals surface area contributed by atoms with Gasteiger partial charge in [0.2, 0.25) is 0 Å². The maximum atomic E-state index is 6.18. The summed E-state index contributed by atoms with van der Waals surface area (Å²) in [6, 6.07) is 6.40. The normalized spacial score (nSPS) is 23.8. The lowest BCUT2D eigenvalue weighted by atomic mass is 9.79. The molecule has 1 aliphatic rings. The van der Waals surface area contributed by atoms with Crippen LogP contribution in [0.15, 0.2) is 18.2 Å². The minimum absolute atomic E-state index is 0.160. The van der Waals surface area contributed by atoms with Crippen LogP contribution in [0.1, 0.15) is 25.8 Å². The van der Waals surface area contributed by atoms with E-state index in [-0.39, 0.29) is 5.41 Å². The first-order chi connectivity index (χ1) is 7.92. The van der Waals surface area contributed by atoms with Gasteiger partial charge in [0.15, 0.2) is 0 Å². The van der Waals surface area contributed by atoms with Crippen molar-refractivity contribution in [3.8, 4) is 0 Å². The number of hydrogen-bond donors (Lipinski definition) is 1. The van der Waals surface area contributed by atoms with E-state index in [1.165, 1.54) is 11.3 Å². The van der Waals surface area contributed by atoms with Crippen LogP contribution in [-0.2, 0) is 0 Å². The predicted octanol–water partition coefficient (Wildman–Crippen LogP) is 3.21. The van der Waals surface area contributed by atoms with Crippen LogP contribution in [0.3, 0.4) is 0 Å². The number of benzene rings is 1. The average Bonchev–Trinajstić information content (AvgIpc) is 2.26. The van der Waals surface area contributed by atoms with Gasteiger partial charge in [-0.2, -0.15) is 0 Å². The van der Waals surface area contributed by atoms with Gasteiger partial charge in [0.1, 0.15) is 0 Å². The Bertz CT molecular complexity index is 415. The molecule has 0 radical (unpaired) electrons. The Hall–Kier alpha value is -0.730. The molecule has 1 heterocycles. The van der Waals surface area contributed by atoms with Crippen LogP contribution in [0, 0.1) is 12.3 Å². The zero-order chi connectivity index (χ0) is 12.6. The van der Waals surface area contributed by atoms with Gasteiger partial charge in [-0.15, -0.1) is 0 Å². The minimum Gasteiger partial charge on any atom is -0.371 e. The fourth-order valence-corrected chi connectivity index (χ4v) is 2.69. The van der Waals surface area contributed by atoms with E-state index in [0.717, 1.165) is 24.5 Å². The molecule has 1 aromatic rings. The molecule has 3 heteroatoms. The second-order valence-corrected chi connectivity index (χ2v) is 6.10. The number of nitrogens with zero attached hydrogens (tertiary/aromatic N) is 1. The molecule has 2 nitrogen and oxygen atoms in total. The zero-order valence-corrected chi connectivity index (χ0v) is 11.6. The van der Waals surface area contributed by atoms with Crippen molar-refractivity contribution in [2.75, 3.05) is 18.0 Å². The summed E-state index contributed by atoms with van der Waals surface area (Å²) in [5, 5.41) is 0.843. The lowest BCUT2D eigenvalue weighted by Gasteiger charge is -2.44. The van der Waals surface area contributed by atoms with Crippen LogP contribution < -0.4 is 10.6 Å². The number of hydrogen-bond acceptors (Lipinski definition) is 2. The predicted molar refractivity (Wildman–Crippen MR) is 74.8 cm³/mol. The second kappa shape index (κ2) is 4.51. The molecule has 0 amide bonds. The van der Waals surface area contributed by atoms with Crippen LogP contribution in [0.5, 0.6) is 0 Å². The van der Waals surface area contributed by atoms with E-state index in [0.29, 0.717) is 6.04 Å². The highest BCUT2D eigenvalue weighted by Gasteiger charge is 2.33. The minimum atomic E-state index is 0.160. The third-order valence-corrected chi connectivity index (χ3v) is 4.30. The summed E-state index contributed by atoms with van der Waals surface area (Å²) in [5.74, 6) is 0. The van der Waals surface area contributed by atoms with Crippen LogP contribution in [-0.4, -0.2) is 19.1 Å². The molecule has 0 aliphatic carbocycles. The standard InChI is InChI=1S/C14H21ClN2/c1-10-11(15)5-4-6-12(10)17-8-7-13(16)14(2,3)9-17/h4-6,13H,7-9,16H2,1-3H3. The van der Waals surface area contributed by atoms with Crippen molar-refractivity contribution < 1.29 is 0 Å². The summed E-state index contributed by atoms with van der Waals surface area (Å²) in [6.07, 6.45) is 1.04. The summed E-state index contributed by atoms with van der Waals surface area (Å²) in [6.45, 7) is 8.58. The molecular formula is C14H21ClN2. The highest BCUT2D eigenvalue weighted by molar-refractivity contribution is 6.31. The third-order valence-electron chi connectivity index (χ3n) is 3.89. The first-order valence-electron chi connectivity index (χ1n) is 6.17. The van der Waals surface area contributed by atoms with Crippen molar-refractivity contribution in [2.24, 2.45) is 11.1 Å². The molecule has 2 rings (SSSR count). The van der Waals surface area contributed by atoms with E-state index < -0.39 is 0 Å². The topological polar surface area (TPSA) is 29.3 Å². The van der Waals surface area contributed by atoms with Crippen molar-refractivity contribution in [3.05, 3.63) is 28.8 Å². The second-order valence-electron chi connectivity index (χ2n) is 5.69. The molecule has 0 aromatic heterocycles. The van der Waals surface area contributed by atoms with Crippen LogP contribution in [0.4, 0.5) is 5.69 Å². The Morgan fingerprint density at radius 1 is 1.41 bits per heavy atom. The Morgan fingerprint density at radius 3 is 2.76 bits per heavy atom. The monoisotopic (exact) mass is 252 g/mol. The van der Waals surface area contributed by atoms with E-state index in [1.807, 2.05) is 12.1 Å². The SMILES string of the molecule is Cc1c(Cl)cccc1N1CCC(N)C(C)(C)C1. The third kappa shape index (κ3) is 2.43. The smallest absolute Gasteiger partial charge is 0.0455 e. The Labute approximate surface area is 109 Å². The molecule has 17 heavy (non-hydrogen) atoms. The van der Waals surface area contributed by atoms with E-state index in [4.69, 9.17) is 17.3 Å². The van der Waals surface area contributed by atoms with Gasteiger partial charge in [0.05, 0.1) is 0 Å². The lowest BCUT2D eigenvalue weighted by molar-refractivity contribution is 0.245. The summed E-state index contributed by atoms with van der Waals surface area (Å²) in [4.78, 5) is 2.41. The number of anilines is 1. The highest BCUT2D eigenvalue weighted by Crippen LogP contribution is 2.34. The van der Waals surface area contributed by atoms with E-state index in [9.17, 15) is 0 Å². The number of nitrogens with two attached hydrogens (primary N) is 1. The quantitative estimate of drug-likeness (QED) is 0.832. The molecule has 0 spiro atoms. The molecular weight excluding hydrogens is 232 g/mol. The molecule has 1 aromatic carbocycles. The van der Waals surface area contributed by atoms with Gasteiger partial charge in [-0.1, -0.05) is 31.5 Å². The number of piperidine rings is 1. The molecule has 1 saturated heterocycles. The molecule has 1 fully saturated rings. The fraction of sp³-hybridized carbons (Fsp3) is 0.571. The van der Waals surface area contributed by atoms with E-state index >= 15 is 0 Å². The number of halogens is 1. The van der Waals surface area contributed by atoms with Crippen molar-refractivity contribution in [3.63, 3.8) is 0 Å². The first-order valence-corrected chi connectivity index (χ1v) is 6.55. The maximum Gasteiger partial charge on any atom is 0.0455 e. The van der Waals surface area contributed by atoms with E-state index in [2.05, 4.69) is 31.7 Å². The molecule has 1 atom stereocenters. The molecule has 2 N–H and O–H groups in total. The number of rotatable bonds is 1. The van der Waals surface area contributed by atoms with Crippen LogP contribution in [0.2, 0.25) is 5.02 Å². The van der Waals surface area contributed by atoms with Gasteiger partial charge in [-0.3, -0.25) is 0 Å². The summed E-state index contributed by atoms with van der Waals surface area (Å²) >= 11 is 6.18. The molecule has 0 bridgehead atoms. The summed E-state index contributed by atoms with van der Waals surface area (Å²) in [5.41, 5.74) is 8.74. The van der Waals surface area contributed by atoms with Crippen molar-refractivity contribution >= 4 is 17.3 Å². The Kier molecular flexibility index (Phi) is 3.37. The van der Waals surface area contributed by atoms with Crippen LogP contribution in [0.25, 0.3) is 0 Å². The maximum absolute atomic E-state index is 6.18. The van der Waals surface area contributed by atoms with Gasteiger partial charge >= 0.3 is 0 Å². The van der Waals surface area contributed by atoms with Crippen molar-refractivity contribution in [1.82, 2.24) is 0 Å². The highest BCUT2D eigenvalue weighted by atomic mass is 35.5. The Balaban J connectivity index is 2.27. The average molecular weight is 253 g/mol. The first kappa shape index (κ1) is 12.7. The van der Waals surface area contributed by atoms with Gasteiger partial charge < -0.3 is 10.6 Å². The zero-order valence-electron chi connectivity index (χ0n) is 10.8. The van der Waals surface area contributed by atoms with Crippen molar-refractivity contribution in [1.29, 1.82) is 0 Å². The van der Waals surface area contributed by atoms with Crippen LogP contribution >= 0.6 is 11.6 Å². The van der Waals surface area contributed by atoms with Gasteiger partial charge in [0.25, 0.3) is 0 Å². The molecule has 0 saturated carbocycles. The molecule has 1 unspecified atom stereocenters. The fourth-order valence-electron chi connectivity index (χ4n) is 2.52. The van der Waals surface area contributed by atoms with Gasteiger partial charge in [0, 0.05) is 29.8 Å². The lowest BCUT2D eigenvalue weighted by Crippen LogP contribution is -2.52.